The molecule has 1 fully saturated rings. The number of nitrogens with zero attached hydrogens (tertiary/aromatic N) is 3. The molecule has 4 rings (SSSR count). The topological polar surface area (TPSA) is 137 Å². The third kappa shape index (κ3) is 6.49. The molecular formula is C27H22ClN3O7. The summed E-state index contributed by atoms with van der Waals surface area (Å²) < 4.78 is 22.6. The second-order valence-electron chi connectivity index (χ2n) is 8.16. The molecule has 1 aliphatic rings. The van der Waals surface area contributed by atoms with E-state index >= 15 is 0 Å². The van der Waals surface area contributed by atoms with Crippen LogP contribution in [0.25, 0.3) is 10.4 Å². The van der Waals surface area contributed by atoms with E-state index in [2.05, 4.69) is 10.0 Å². The van der Waals surface area contributed by atoms with E-state index in [0.717, 1.165) is 0 Å². The summed E-state index contributed by atoms with van der Waals surface area (Å²) in [5, 5.41) is 3.65. The number of hydrogen-bond donors (Lipinski definition) is 0. The van der Waals surface area contributed by atoms with Crippen LogP contribution in [0.3, 0.4) is 0 Å². The lowest BCUT2D eigenvalue weighted by Crippen LogP contribution is -2.59. The highest BCUT2D eigenvalue weighted by molar-refractivity contribution is 6.20. The Morgan fingerprint density at radius 1 is 0.763 bits per heavy atom. The van der Waals surface area contributed by atoms with Crippen molar-refractivity contribution in [3.05, 3.63) is 118 Å². The van der Waals surface area contributed by atoms with Gasteiger partial charge in [-0.2, -0.15) is 0 Å². The minimum absolute atomic E-state index is 0.213. The van der Waals surface area contributed by atoms with Crippen molar-refractivity contribution < 1.29 is 33.3 Å². The Labute approximate surface area is 222 Å². The molecule has 0 radical (unpaired) electrons. The monoisotopic (exact) mass is 535 g/mol. The van der Waals surface area contributed by atoms with Crippen LogP contribution in [-0.4, -0.2) is 54.4 Å². The van der Waals surface area contributed by atoms with Crippen molar-refractivity contribution in [1.82, 2.24) is 0 Å². The number of esters is 3. The highest BCUT2D eigenvalue weighted by atomic mass is 35.5. The van der Waals surface area contributed by atoms with Crippen molar-refractivity contribution in [2.24, 2.45) is 5.11 Å². The zero-order valence-corrected chi connectivity index (χ0v) is 20.6. The molecule has 1 heterocycles. The van der Waals surface area contributed by atoms with Gasteiger partial charge in [0.2, 0.25) is 0 Å². The molecule has 1 aliphatic heterocycles. The Morgan fingerprint density at radius 3 is 1.68 bits per heavy atom. The molecule has 11 heteroatoms. The van der Waals surface area contributed by atoms with Crippen LogP contribution < -0.4 is 0 Å². The summed E-state index contributed by atoms with van der Waals surface area (Å²) in [7, 11) is 0. The van der Waals surface area contributed by atoms with Crippen LogP contribution in [0, 0.1) is 0 Å². The quantitative estimate of drug-likeness (QED) is 0.0994. The van der Waals surface area contributed by atoms with Crippen molar-refractivity contribution in [2.75, 3.05) is 6.61 Å². The van der Waals surface area contributed by atoms with E-state index < -0.39 is 54.4 Å². The normalized spacial score (nSPS) is 22.4. The molecule has 0 N–H and O–H groups in total. The highest BCUT2D eigenvalue weighted by Crippen LogP contribution is 2.32. The summed E-state index contributed by atoms with van der Waals surface area (Å²) in [5.41, 5.74) is 8.58. The maximum Gasteiger partial charge on any atom is 0.338 e. The molecule has 5 atom stereocenters. The number of azide groups is 1. The van der Waals surface area contributed by atoms with Gasteiger partial charge in [-0.15, -0.1) is 0 Å². The third-order valence-electron chi connectivity index (χ3n) is 5.68. The largest absolute Gasteiger partial charge is 0.459 e. The van der Waals surface area contributed by atoms with E-state index in [0.29, 0.717) is 5.56 Å². The van der Waals surface area contributed by atoms with Crippen LogP contribution in [0.4, 0.5) is 0 Å². The molecular weight excluding hydrogens is 514 g/mol. The number of ether oxygens (including phenoxy) is 4. The van der Waals surface area contributed by atoms with Crippen molar-refractivity contribution in [3.8, 4) is 0 Å². The van der Waals surface area contributed by atoms with Gasteiger partial charge >= 0.3 is 17.9 Å². The van der Waals surface area contributed by atoms with Gasteiger partial charge in [0.05, 0.1) is 16.7 Å². The Kier molecular flexibility index (Phi) is 8.94. The predicted molar refractivity (Wildman–Crippen MR) is 135 cm³/mol. The molecule has 0 unspecified atom stereocenters. The maximum absolute atomic E-state index is 13.0. The fourth-order valence-electron chi connectivity index (χ4n) is 3.82. The van der Waals surface area contributed by atoms with E-state index in [-0.39, 0.29) is 11.1 Å². The molecule has 0 saturated carbocycles. The van der Waals surface area contributed by atoms with Crippen molar-refractivity contribution in [1.29, 1.82) is 0 Å². The number of alkyl halides is 1. The van der Waals surface area contributed by atoms with E-state index in [4.69, 9.17) is 36.1 Å². The van der Waals surface area contributed by atoms with Crippen molar-refractivity contribution in [3.63, 3.8) is 0 Å². The van der Waals surface area contributed by atoms with Crippen LogP contribution in [0.2, 0.25) is 0 Å². The second-order valence-corrected chi connectivity index (χ2v) is 8.59. The smallest absolute Gasteiger partial charge is 0.338 e. The average molecular weight is 536 g/mol. The second kappa shape index (κ2) is 12.7. The minimum Gasteiger partial charge on any atom is -0.459 e. The number of rotatable bonds is 8. The fraction of sp³-hybridized carbons (Fsp3) is 0.222. The molecule has 3 aromatic carbocycles. The van der Waals surface area contributed by atoms with Crippen LogP contribution in [0.15, 0.2) is 96.1 Å². The van der Waals surface area contributed by atoms with Gasteiger partial charge in [0.25, 0.3) is 0 Å². The number of hydrogen-bond acceptors (Lipinski definition) is 8. The SMILES string of the molecule is [N-]=[N+]=N[C@@H]1[C@@H](OC(=O)c2ccccc2)[C@H](OC(=O)c2ccccc2)[C@@H](COC(=O)c2ccccc2)O[C@H]1Cl. The first-order chi connectivity index (χ1) is 18.5. The lowest BCUT2D eigenvalue weighted by Gasteiger charge is -2.41. The zero-order chi connectivity index (χ0) is 26.9. The number of carbonyl (C=O) groups is 3. The van der Waals surface area contributed by atoms with E-state index in [1.54, 1.807) is 66.7 Å². The summed E-state index contributed by atoms with van der Waals surface area (Å²) in [5.74, 6) is -2.17. The molecule has 194 valence electrons. The van der Waals surface area contributed by atoms with Gasteiger partial charge in [0.1, 0.15) is 24.3 Å². The molecule has 0 amide bonds. The summed E-state index contributed by atoms with van der Waals surface area (Å²) in [4.78, 5) is 41.3. The number of benzene rings is 3. The fourth-order valence-corrected chi connectivity index (χ4v) is 4.14. The molecule has 3 aromatic rings. The first-order valence-electron chi connectivity index (χ1n) is 11.6. The molecule has 0 aromatic heterocycles. The average Bonchev–Trinajstić information content (AvgIpc) is 2.96. The molecule has 1 saturated heterocycles. The Morgan fingerprint density at radius 2 is 1.21 bits per heavy atom. The summed E-state index contributed by atoms with van der Waals surface area (Å²) in [6.07, 6.45) is -3.86. The Hall–Kier alpha value is -4.37. The minimum atomic E-state index is -1.36. The molecule has 0 spiro atoms. The summed E-state index contributed by atoms with van der Waals surface area (Å²) in [6, 6.07) is 23.2. The Balaban J connectivity index is 1.64. The van der Waals surface area contributed by atoms with Gasteiger partial charge in [-0.3, -0.25) is 0 Å². The standard InChI is InChI=1S/C27H22ClN3O7/c28-24-21(30-31-29)23(38-27(34)19-14-8-3-9-15-19)22(37-26(33)18-12-6-2-7-13-18)20(36-24)16-35-25(32)17-10-4-1-5-11-17/h1-15,20-24H,16H2/t20-,21-,22-,23-,24-/m1/s1. The summed E-state index contributed by atoms with van der Waals surface area (Å²) >= 11 is 6.37. The lowest BCUT2D eigenvalue weighted by molar-refractivity contribution is -0.171. The van der Waals surface area contributed by atoms with Crippen LogP contribution >= 0.6 is 11.6 Å². The zero-order valence-electron chi connectivity index (χ0n) is 19.8. The Bertz CT molecular complexity index is 1300. The van der Waals surface area contributed by atoms with Crippen molar-refractivity contribution >= 4 is 29.5 Å². The molecule has 10 nitrogen and oxygen atoms in total. The first-order valence-corrected chi connectivity index (χ1v) is 12.0. The first kappa shape index (κ1) is 26.7. The van der Waals surface area contributed by atoms with Gasteiger partial charge in [0, 0.05) is 4.91 Å². The summed E-state index contributed by atoms with van der Waals surface area (Å²) in [6.45, 7) is -0.397. The maximum atomic E-state index is 13.0. The van der Waals surface area contributed by atoms with Gasteiger partial charge in [-0.25, -0.2) is 14.4 Å². The van der Waals surface area contributed by atoms with Gasteiger partial charge < -0.3 is 18.9 Å². The van der Waals surface area contributed by atoms with Crippen LogP contribution in [0.1, 0.15) is 31.1 Å². The van der Waals surface area contributed by atoms with Gasteiger partial charge in [0.15, 0.2) is 12.2 Å². The predicted octanol–water partition coefficient (Wildman–Crippen LogP) is 4.94. The molecule has 0 aliphatic carbocycles. The van der Waals surface area contributed by atoms with E-state index in [1.165, 1.54) is 24.3 Å². The van der Waals surface area contributed by atoms with Gasteiger partial charge in [-0.05, 0) is 41.9 Å². The van der Waals surface area contributed by atoms with Crippen LogP contribution in [0.5, 0.6) is 0 Å². The number of halogens is 1. The van der Waals surface area contributed by atoms with Crippen molar-refractivity contribution in [2.45, 2.75) is 29.9 Å². The van der Waals surface area contributed by atoms with Gasteiger partial charge in [-0.1, -0.05) is 71.3 Å². The molecule has 0 bridgehead atoms. The van der Waals surface area contributed by atoms with E-state index in [9.17, 15) is 14.4 Å². The third-order valence-corrected chi connectivity index (χ3v) is 6.04. The highest BCUT2D eigenvalue weighted by Gasteiger charge is 2.50. The lowest BCUT2D eigenvalue weighted by atomic mass is 9.97. The van der Waals surface area contributed by atoms with Crippen LogP contribution in [-0.2, 0) is 18.9 Å². The van der Waals surface area contributed by atoms with E-state index in [1.807, 2.05) is 0 Å². The number of carbonyl (C=O) groups excluding carboxylic acids is 3. The molecule has 38 heavy (non-hydrogen) atoms.